The first-order valence-electron chi connectivity index (χ1n) is 4.52. The minimum Gasteiger partial charge on any atom is -0.396 e. The summed E-state index contributed by atoms with van der Waals surface area (Å²) in [5, 5.41) is 11.4. The second-order valence-corrected chi connectivity index (χ2v) is 3.27. The first-order valence-corrected chi connectivity index (χ1v) is 4.52. The van der Waals surface area contributed by atoms with Crippen LogP contribution in [0.5, 0.6) is 0 Å². The number of aliphatic hydroxyl groups excluding tert-OH is 1. The van der Waals surface area contributed by atoms with Gasteiger partial charge < -0.3 is 10.4 Å². The maximum Gasteiger partial charge on any atom is 0.216 e. The Balaban J connectivity index is 3.05. The molecule has 0 rings (SSSR count). The molecule has 0 aromatic heterocycles. The zero-order valence-corrected chi connectivity index (χ0v) is 7.97. The SMILES string of the molecule is CC(=O)NCCCCC(C)CO. The molecule has 0 aromatic rings. The zero-order valence-electron chi connectivity index (χ0n) is 7.97. The van der Waals surface area contributed by atoms with Crippen molar-refractivity contribution < 1.29 is 9.90 Å². The van der Waals surface area contributed by atoms with Crippen LogP contribution < -0.4 is 5.32 Å². The van der Waals surface area contributed by atoms with Crippen molar-refractivity contribution in [1.29, 1.82) is 0 Å². The third-order valence-corrected chi connectivity index (χ3v) is 1.81. The summed E-state index contributed by atoms with van der Waals surface area (Å²) in [6, 6.07) is 0. The van der Waals surface area contributed by atoms with Crippen LogP contribution in [-0.2, 0) is 4.79 Å². The van der Waals surface area contributed by atoms with Gasteiger partial charge in [0, 0.05) is 20.1 Å². The molecular weight excluding hydrogens is 154 g/mol. The molecule has 72 valence electrons. The molecule has 0 aliphatic rings. The van der Waals surface area contributed by atoms with Crippen molar-refractivity contribution in [3.05, 3.63) is 0 Å². The number of nitrogens with one attached hydrogen (secondary N) is 1. The van der Waals surface area contributed by atoms with E-state index in [1.807, 2.05) is 6.92 Å². The Hall–Kier alpha value is -0.570. The van der Waals surface area contributed by atoms with Crippen LogP contribution in [0, 0.1) is 5.92 Å². The highest BCUT2D eigenvalue weighted by atomic mass is 16.3. The van der Waals surface area contributed by atoms with Crippen molar-refractivity contribution in [1.82, 2.24) is 5.32 Å². The van der Waals surface area contributed by atoms with Crippen molar-refractivity contribution in [2.24, 2.45) is 5.92 Å². The van der Waals surface area contributed by atoms with Gasteiger partial charge in [-0.05, 0) is 18.8 Å². The molecule has 3 nitrogen and oxygen atoms in total. The van der Waals surface area contributed by atoms with Gasteiger partial charge in [-0.2, -0.15) is 0 Å². The number of aliphatic hydroxyl groups is 1. The lowest BCUT2D eigenvalue weighted by Crippen LogP contribution is -2.20. The van der Waals surface area contributed by atoms with Gasteiger partial charge in [-0.1, -0.05) is 13.3 Å². The number of unbranched alkanes of at least 4 members (excludes halogenated alkanes) is 1. The van der Waals surface area contributed by atoms with Crippen LogP contribution in [0.25, 0.3) is 0 Å². The fourth-order valence-electron chi connectivity index (χ4n) is 0.974. The van der Waals surface area contributed by atoms with E-state index in [-0.39, 0.29) is 12.5 Å². The summed E-state index contributed by atoms with van der Waals surface area (Å²) < 4.78 is 0. The van der Waals surface area contributed by atoms with Crippen LogP contribution >= 0.6 is 0 Å². The minimum atomic E-state index is 0.0326. The van der Waals surface area contributed by atoms with Crippen LogP contribution in [0.1, 0.15) is 33.1 Å². The van der Waals surface area contributed by atoms with Gasteiger partial charge in [0.2, 0.25) is 5.91 Å². The molecular formula is C9H19NO2. The van der Waals surface area contributed by atoms with E-state index in [0.29, 0.717) is 5.92 Å². The Morgan fingerprint density at radius 1 is 1.50 bits per heavy atom. The fourth-order valence-corrected chi connectivity index (χ4v) is 0.974. The van der Waals surface area contributed by atoms with Gasteiger partial charge in [-0.3, -0.25) is 4.79 Å². The molecule has 0 fully saturated rings. The van der Waals surface area contributed by atoms with Crippen LogP contribution in [0.3, 0.4) is 0 Å². The van der Waals surface area contributed by atoms with Gasteiger partial charge in [-0.25, -0.2) is 0 Å². The van der Waals surface area contributed by atoms with Crippen LogP contribution in [0.15, 0.2) is 0 Å². The second-order valence-electron chi connectivity index (χ2n) is 3.27. The smallest absolute Gasteiger partial charge is 0.216 e. The third kappa shape index (κ3) is 7.54. The number of rotatable bonds is 6. The van der Waals surface area contributed by atoms with Gasteiger partial charge in [0.1, 0.15) is 0 Å². The third-order valence-electron chi connectivity index (χ3n) is 1.81. The molecule has 12 heavy (non-hydrogen) atoms. The number of carbonyl (C=O) groups excluding carboxylic acids is 1. The highest BCUT2D eigenvalue weighted by Crippen LogP contribution is 2.05. The van der Waals surface area contributed by atoms with Gasteiger partial charge in [0.05, 0.1) is 0 Å². The van der Waals surface area contributed by atoms with Crippen molar-refractivity contribution in [3.63, 3.8) is 0 Å². The molecule has 0 aromatic carbocycles. The van der Waals surface area contributed by atoms with E-state index in [1.54, 1.807) is 0 Å². The monoisotopic (exact) mass is 173 g/mol. The van der Waals surface area contributed by atoms with E-state index >= 15 is 0 Å². The molecule has 0 aliphatic carbocycles. The van der Waals surface area contributed by atoms with Crippen LogP contribution in [0.4, 0.5) is 0 Å². The Morgan fingerprint density at radius 3 is 2.67 bits per heavy atom. The molecule has 1 unspecified atom stereocenters. The van der Waals surface area contributed by atoms with Gasteiger partial charge in [-0.15, -0.1) is 0 Å². The van der Waals surface area contributed by atoms with Crippen molar-refractivity contribution >= 4 is 5.91 Å². The summed E-state index contributed by atoms with van der Waals surface area (Å²) in [7, 11) is 0. The molecule has 1 amide bonds. The average molecular weight is 173 g/mol. The summed E-state index contributed by atoms with van der Waals surface area (Å²) in [6.07, 6.45) is 3.11. The molecule has 3 heteroatoms. The molecule has 1 atom stereocenters. The lowest BCUT2D eigenvalue weighted by atomic mass is 10.1. The topological polar surface area (TPSA) is 49.3 Å². The summed E-state index contributed by atoms with van der Waals surface area (Å²) >= 11 is 0. The van der Waals surface area contributed by atoms with Gasteiger partial charge >= 0.3 is 0 Å². The molecule has 0 heterocycles. The largest absolute Gasteiger partial charge is 0.396 e. The van der Waals surface area contributed by atoms with E-state index in [0.717, 1.165) is 25.8 Å². The Bertz CT molecular complexity index is 126. The van der Waals surface area contributed by atoms with E-state index in [4.69, 9.17) is 5.11 Å². The number of hydrogen-bond donors (Lipinski definition) is 2. The predicted molar refractivity (Wildman–Crippen MR) is 48.8 cm³/mol. The zero-order chi connectivity index (χ0) is 9.40. The highest BCUT2D eigenvalue weighted by molar-refractivity contribution is 5.72. The predicted octanol–water partition coefficient (Wildman–Crippen LogP) is 0.921. The summed E-state index contributed by atoms with van der Waals surface area (Å²) in [5.41, 5.74) is 0. The number of amides is 1. The summed E-state index contributed by atoms with van der Waals surface area (Å²) in [6.45, 7) is 4.57. The quantitative estimate of drug-likeness (QED) is 0.587. The Morgan fingerprint density at radius 2 is 2.17 bits per heavy atom. The molecule has 0 aliphatic heterocycles. The van der Waals surface area contributed by atoms with Crippen LogP contribution in [-0.4, -0.2) is 24.2 Å². The summed E-state index contributed by atoms with van der Waals surface area (Å²) in [5.74, 6) is 0.424. The molecule has 0 spiro atoms. The maximum absolute atomic E-state index is 10.4. The van der Waals surface area contributed by atoms with Crippen LogP contribution in [0.2, 0.25) is 0 Å². The molecule has 0 radical (unpaired) electrons. The van der Waals surface area contributed by atoms with E-state index < -0.39 is 0 Å². The van der Waals surface area contributed by atoms with E-state index in [2.05, 4.69) is 5.32 Å². The minimum absolute atomic E-state index is 0.0326. The maximum atomic E-state index is 10.4. The molecule has 2 N–H and O–H groups in total. The average Bonchev–Trinajstić information content (AvgIpc) is 2.03. The van der Waals surface area contributed by atoms with E-state index in [9.17, 15) is 4.79 Å². The Labute approximate surface area is 74.2 Å². The summed E-state index contributed by atoms with van der Waals surface area (Å²) in [4.78, 5) is 10.4. The highest BCUT2D eigenvalue weighted by Gasteiger charge is 1.98. The normalized spacial score (nSPS) is 12.6. The molecule has 0 saturated heterocycles. The second kappa shape index (κ2) is 7.10. The molecule has 0 saturated carbocycles. The van der Waals surface area contributed by atoms with Crippen molar-refractivity contribution in [2.45, 2.75) is 33.1 Å². The van der Waals surface area contributed by atoms with Crippen molar-refractivity contribution in [2.75, 3.05) is 13.2 Å². The van der Waals surface area contributed by atoms with Crippen molar-refractivity contribution in [3.8, 4) is 0 Å². The Kier molecular flexibility index (Phi) is 6.76. The first-order chi connectivity index (χ1) is 5.66. The molecule has 0 bridgehead atoms. The van der Waals surface area contributed by atoms with E-state index in [1.165, 1.54) is 6.92 Å². The number of hydrogen-bond acceptors (Lipinski definition) is 2. The van der Waals surface area contributed by atoms with Gasteiger partial charge in [0.25, 0.3) is 0 Å². The lowest BCUT2D eigenvalue weighted by molar-refractivity contribution is -0.118. The number of carbonyl (C=O) groups is 1. The first kappa shape index (κ1) is 11.4. The fraction of sp³-hybridized carbons (Fsp3) is 0.889. The standard InChI is InChI=1S/C9H19NO2/c1-8(7-11)5-3-4-6-10-9(2)12/h8,11H,3-7H2,1-2H3,(H,10,12). The lowest BCUT2D eigenvalue weighted by Gasteiger charge is -2.06. The van der Waals surface area contributed by atoms with Gasteiger partial charge in [0.15, 0.2) is 0 Å².